The van der Waals surface area contributed by atoms with E-state index in [4.69, 9.17) is 16.7 Å². The number of hydrogen-bond acceptors (Lipinski definition) is 4. The summed E-state index contributed by atoms with van der Waals surface area (Å²) >= 11 is 5.72. The molecule has 0 amide bonds. The molecule has 1 aromatic heterocycles. The highest BCUT2D eigenvalue weighted by Crippen LogP contribution is 2.22. The molecule has 7 nitrogen and oxygen atoms in total. The van der Waals surface area contributed by atoms with E-state index >= 15 is 0 Å². The second-order valence-corrected chi connectivity index (χ2v) is 5.61. The normalized spacial score (nSPS) is 11.2. The number of benzene rings is 1. The Morgan fingerprint density at radius 2 is 2.11 bits per heavy atom. The molecule has 0 atom stereocenters. The van der Waals surface area contributed by atoms with E-state index in [1.54, 1.807) is 0 Å². The van der Waals surface area contributed by atoms with Crippen LogP contribution in [-0.4, -0.2) is 29.7 Å². The smallest absolute Gasteiger partial charge is 0.337 e. The van der Waals surface area contributed by atoms with Gasteiger partial charge in [-0.15, -0.1) is 0 Å². The molecule has 3 N–H and O–H groups in total. The third kappa shape index (κ3) is 2.85. The zero-order valence-electron chi connectivity index (χ0n) is 9.29. The molecule has 0 aliphatic rings. The van der Waals surface area contributed by atoms with Crippen LogP contribution in [0.4, 0.5) is 5.82 Å². The highest BCUT2D eigenvalue weighted by molar-refractivity contribution is 7.92. The van der Waals surface area contributed by atoms with E-state index in [-0.39, 0.29) is 21.3 Å². The summed E-state index contributed by atoms with van der Waals surface area (Å²) < 4.78 is 26.2. The largest absolute Gasteiger partial charge is 0.478 e. The summed E-state index contributed by atoms with van der Waals surface area (Å²) in [5.74, 6) is -1.03. The maximum atomic E-state index is 12.0. The van der Waals surface area contributed by atoms with Gasteiger partial charge in [-0.2, -0.15) is 5.10 Å². The van der Waals surface area contributed by atoms with Crippen molar-refractivity contribution in [3.63, 3.8) is 0 Å². The first-order valence-electron chi connectivity index (χ1n) is 4.95. The van der Waals surface area contributed by atoms with Crippen LogP contribution in [0.1, 0.15) is 10.4 Å². The zero-order chi connectivity index (χ0) is 14.0. The van der Waals surface area contributed by atoms with Crippen LogP contribution in [0.5, 0.6) is 0 Å². The third-order valence-electron chi connectivity index (χ3n) is 2.23. The monoisotopic (exact) mass is 301 g/mol. The van der Waals surface area contributed by atoms with Crippen molar-refractivity contribution in [1.29, 1.82) is 0 Å². The highest BCUT2D eigenvalue weighted by atomic mass is 35.5. The molecule has 0 aliphatic heterocycles. The number of aromatic amines is 1. The Morgan fingerprint density at radius 1 is 1.37 bits per heavy atom. The number of nitrogens with one attached hydrogen (secondary N) is 2. The third-order valence-corrected chi connectivity index (χ3v) is 3.90. The summed E-state index contributed by atoms with van der Waals surface area (Å²) in [5, 5.41) is 14.7. The molecule has 1 aromatic carbocycles. The summed E-state index contributed by atoms with van der Waals surface area (Å²) in [6.07, 6.45) is 1.39. The van der Waals surface area contributed by atoms with Crippen LogP contribution >= 0.6 is 11.6 Å². The number of anilines is 1. The molecule has 2 aromatic rings. The molecule has 2 rings (SSSR count). The van der Waals surface area contributed by atoms with E-state index in [0.29, 0.717) is 0 Å². The Labute approximate surface area is 113 Å². The molecular weight excluding hydrogens is 294 g/mol. The van der Waals surface area contributed by atoms with E-state index in [9.17, 15) is 13.2 Å². The Balaban J connectivity index is 2.36. The molecule has 0 unspecified atom stereocenters. The highest BCUT2D eigenvalue weighted by Gasteiger charge is 2.18. The van der Waals surface area contributed by atoms with Gasteiger partial charge in [0, 0.05) is 6.07 Å². The van der Waals surface area contributed by atoms with Gasteiger partial charge >= 0.3 is 5.97 Å². The summed E-state index contributed by atoms with van der Waals surface area (Å²) in [7, 11) is -3.85. The van der Waals surface area contributed by atoms with Crippen LogP contribution in [0.25, 0.3) is 0 Å². The van der Waals surface area contributed by atoms with Crippen molar-refractivity contribution in [2.75, 3.05) is 4.72 Å². The van der Waals surface area contributed by atoms with Crippen LogP contribution in [-0.2, 0) is 10.0 Å². The second kappa shape index (κ2) is 4.90. The van der Waals surface area contributed by atoms with Crippen molar-refractivity contribution < 1.29 is 18.3 Å². The number of nitrogens with zero attached hydrogens (tertiary/aromatic N) is 1. The van der Waals surface area contributed by atoms with Gasteiger partial charge in [0.2, 0.25) is 0 Å². The van der Waals surface area contributed by atoms with E-state index in [2.05, 4.69) is 14.9 Å². The lowest BCUT2D eigenvalue weighted by Crippen LogP contribution is -2.13. The van der Waals surface area contributed by atoms with Crippen LogP contribution < -0.4 is 4.72 Å². The first-order chi connectivity index (χ1) is 8.90. The van der Waals surface area contributed by atoms with Gasteiger partial charge in [-0.25, -0.2) is 13.2 Å². The van der Waals surface area contributed by atoms with Gasteiger partial charge in [0.15, 0.2) is 0 Å². The fourth-order valence-corrected chi connectivity index (χ4v) is 2.72. The number of carboxylic acid groups (broad SMARTS) is 1. The molecule has 0 saturated carbocycles. The summed E-state index contributed by atoms with van der Waals surface area (Å²) in [6, 6.07) is 4.80. The Hall–Kier alpha value is -2.06. The fourth-order valence-electron chi connectivity index (χ4n) is 1.35. The number of carboxylic acids is 1. The minimum Gasteiger partial charge on any atom is -0.478 e. The average Bonchev–Trinajstić information content (AvgIpc) is 2.80. The molecule has 0 fully saturated rings. The molecule has 0 spiro atoms. The van der Waals surface area contributed by atoms with Crippen molar-refractivity contribution >= 4 is 33.4 Å². The number of H-pyrrole nitrogens is 1. The van der Waals surface area contributed by atoms with E-state index in [0.717, 1.165) is 18.2 Å². The van der Waals surface area contributed by atoms with Crippen LogP contribution in [0.2, 0.25) is 5.02 Å². The SMILES string of the molecule is O=C(O)c1ccc(S(=O)(=O)Nc2ccn[nH]2)cc1Cl. The van der Waals surface area contributed by atoms with Crippen molar-refractivity contribution in [3.8, 4) is 0 Å². The van der Waals surface area contributed by atoms with E-state index in [1.165, 1.54) is 12.3 Å². The predicted octanol–water partition coefficient (Wildman–Crippen LogP) is 1.56. The van der Waals surface area contributed by atoms with Gasteiger partial charge < -0.3 is 5.11 Å². The lowest BCUT2D eigenvalue weighted by atomic mass is 10.2. The van der Waals surface area contributed by atoms with Gasteiger partial charge in [0.05, 0.1) is 21.7 Å². The standard InChI is InChI=1S/C10H8ClN3O4S/c11-8-5-6(1-2-7(8)10(15)16)19(17,18)14-9-3-4-12-13-9/h1-5H,(H,15,16)(H2,12,13,14). The van der Waals surface area contributed by atoms with E-state index < -0.39 is 16.0 Å². The lowest BCUT2D eigenvalue weighted by Gasteiger charge is -2.07. The van der Waals surface area contributed by atoms with Gasteiger partial charge in [0.25, 0.3) is 10.0 Å². The Kier molecular flexibility index (Phi) is 3.45. The first kappa shape index (κ1) is 13.4. The summed E-state index contributed by atoms with van der Waals surface area (Å²) in [5.41, 5.74) is -0.165. The minimum absolute atomic E-state index is 0.142. The quantitative estimate of drug-likeness (QED) is 0.793. The Bertz CT molecular complexity index is 712. The maximum Gasteiger partial charge on any atom is 0.337 e. The molecule has 1 heterocycles. The second-order valence-electron chi connectivity index (χ2n) is 3.52. The number of hydrogen-bond donors (Lipinski definition) is 3. The predicted molar refractivity (Wildman–Crippen MR) is 67.8 cm³/mol. The zero-order valence-corrected chi connectivity index (χ0v) is 10.9. The lowest BCUT2D eigenvalue weighted by molar-refractivity contribution is 0.0697. The number of sulfonamides is 1. The van der Waals surface area contributed by atoms with E-state index in [1.807, 2.05) is 0 Å². The van der Waals surface area contributed by atoms with Crippen LogP contribution in [0.15, 0.2) is 35.4 Å². The molecule has 0 radical (unpaired) electrons. The molecule has 19 heavy (non-hydrogen) atoms. The number of carbonyl (C=O) groups is 1. The van der Waals surface area contributed by atoms with Gasteiger partial charge in [-0.1, -0.05) is 11.6 Å². The van der Waals surface area contributed by atoms with Crippen molar-refractivity contribution in [2.24, 2.45) is 0 Å². The maximum absolute atomic E-state index is 12.0. The molecule has 0 saturated heterocycles. The van der Waals surface area contributed by atoms with Gasteiger partial charge in [0.1, 0.15) is 5.82 Å². The topological polar surface area (TPSA) is 112 Å². The van der Waals surface area contributed by atoms with Crippen LogP contribution in [0, 0.1) is 0 Å². The van der Waals surface area contributed by atoms with Gasteiger partial charge in [-0.05, 0) is 18.2 Å². The molecule has 100 valence electrons. The number of halogens is 1. The molecular formula is C10H8ClN3O4S. The van der Waals surface area contributed by atoms with Crippen LogP contribution in [0.3, 0.4) is 0 Å². The van der Waals surface area contributed by atoms with Crippen molar-refractivity contribution in [1.82, 2.24) is 10.2 Å². The van der Waals surface area contributed by atoms with Crippen molar-refractivity contribution in [3.05, 3.63) is 41.0 Å². The average molecular weight is 302 g/mol. The fraction of sp³-hybridized carbons (Fsp3) is 0. The van der Waals surface area contributed by atoms with Gasteiger partial charge in [-0.3, -0.25) is 9.82 Å². The molecule has 0 aliphatic carbocycles. The first-order valence-corrected chi connectivity index (χ1v) is 6.81. The number of aromatic nitrogens is 2. The number of rotatable bonds is 4. The summed E-state index contributed by atoms with van der Waals surface area (Å²) in [6.45, 7) is 0. The van der Waals surface area contributed by atoms with Crippen molar-refractivity contribution in [2.45, 2.75) is 4.90 Å². The Morgan fingerprint density at radius 3 is 2.63 bits per heavy atom. The summed E-state index contributed by atoms with van der Waals surface area (Å²) in [4.78, 5) is 10.6. The number of aromatic carboxylic acids is 1. The minimum atomic E-state index is -3.85. The molecule has 9 heteroatoms. The molecule has 0 bridgehead atoms.